The minimum atomic E-state index is -0.313. The zero-order valence-electron chi connectivity index (χ0n) is 16.4. The molecule has 1 aromatic heterocycles. The molecule has 1 fully saturated rings. The molecule has 28 heavy (non-hydrogen) atoms. The maximum atomic E-state index is 12.0. The van der Waals surface area contributed by atoms with Crippen LogP contribution in [-0.4, -0.2) is 50.4 Å². The maximum Gasteiger partial charge on any atom is 0.274 e. The number of nitrogens with one attached hydrogen (secondary N) is 1. The van der Waals surface area contributed by atoms with Crippen LogP contribution in [0, 0.1) is 6.92 Å². The van der Waals surface area contributed by atoms with Crippen LogP contribution < -0.4 is 14.9 Å². The Labute approximate surface area is 165 Å². The zero-order valence-corrected chi connectivity index (χ0v) is 16.4. The molecular formula is C21H27N3O4. The highest BCUT2D eigenvalue weighted by Crippen LogP contribution is 2.27. The number of methoxy groups -OCH3 is 1. The van der Waals surface area contributed by atoms with E-state index >= 15 is 0 Å². The summed E-state index contributed by atoms with van der Waals surface area (Å²) < 4.78 is 16.4. The number of piperidine rings is 1. The molecule has 0 spiro atoms. The number of benzene rings is 1. The summed E-state index contributed by atoms with van der Waals surface area (Å²) in [5.74, 6) is 1.59. The van der Waals surface area contributed by atoms with Crippen molar-refractivity contribution in [2.45, 2.75) is 26.2 Å². The molecule has 0 bridgehead atoms. The summed E-state index contributed by atoms with van der Waals surface area (Å²) in [4.78, 5) is 14.4. The van der Waals surface area contributed by atoms with E-state index in [0.717, 1.165) is 25.2 Å². The van der Waals surface area contributed by atoms with Gasteiger partial charge in [0, 0.05) is 6.54 Å². The van der Waals surface area contributed by atoms with Gasteiger partial charge in [0.15, 0.2) is 11.5 Å². The third-order valence-corrected chi connectivity index (χ3v) is 4.78. The van der Waals surface area contributed by atoms with Gasteiger partial charge >= 0.3 is 0 Å². The number of hydrogen-bond donors (Lipinski definition) is 1. The predicted molar refractivity (Wildman–Crippen MR) is 107 cm³/mol. The van der Waals surface area contributed by atoms with Crippen LogP contribution in [0.25, 0.3) is 0 Å². The minimum Gasteiger partial charge on any atom is -0.493 e. The second-order valence-electron chi connectivity index (χ2n) is 6.75. The number of carbonyl (C=O) groups excluding carboxylic acids is 1. The van der Waals surface area contributed by atoms with Gasteiger partial charge in [0.2, 0.25) is 0 Å². The molecule has 1 saturated heterocycles. The first-order chi connectivity index (χ1) is 13.7. The van der Waals surface area contributed by atoms with Gasteiger partial charge < -0.3 is 13.9 Å². The lowest BCUT2D eigenvalue weighted by Crippen LogP contribution is -2.33. The standard InChI is InChI=1S/C21H27N3O4/c1-16-18(8-12-27-16)21(25)23-22-15-17-6-7-19(20(14-17)26-2)28-13-11-24-9-4-3-5-10-24/h6-8,12,14-15H,3-5,9-11,13H2,1-2H3,(H,23,25)/b22-15+. The second kappa shape index (κ2) is 9.94. The van der Waals surface area contributed by atoms with Gasteiger partial charge in [-0.3, -0.25) is 9.69 Å². The molecule has 2 aromatic rings. The van der Waals surface area contributed by atoms with Crippen LogP contribution in [0.15, 0.2) is 40.0 Å². The molecule has 2 heterocycles. The highest BCUT2D eigenvalue weighted by molar-refractivity contribution is 5.95. The van der Waals surface area contributed by atoms with Gasteiger partial charge in [-0.2, -0.15) is 5.10 Å². The van der Waals surface area contributed by atoms with E-state index in [-0.39, 0.29) is 5.91 Å². The molecule has 0 aliphatic carbocycles. The van der Waals surface area contributed by atoms with Crippen molar-refractivity contribution < 1.29 is 18.7 Å². The summed E-state index contributed by atoms with van der Waals surface area (Å²) in [6, 6.07) is 7.17. The van der Waals surface area contributed by atoms with Crippen molar-refractivity contribution in [3.63, 3.8) is 0 Å². The molecule has 7 nitrogen and oxygen atoms in total. The van der Waals surface area contributed by atoms with Crippen LogP contribution in [0.5, 0.6) is 11.5 Å². The Bertz CT molecular complexity index is 810. The maximum absolute atomic E-state index is 12.0. The topological polar surface area (TPSA) is 76.3 Å². The second-order valence-corrected chi connectivity index (χ2v) is 6.75. The molecule has 3 rings (SSSR count). The summed E-state index contributed by atoms with van der Waals surface area (Å²) in [5, 5.41) is 4.00. The predicted octanol–water partition coefficient (Wildman–Crippen LogP) is 3.23. The van der Waals surface area contributed by atoms with Gasteiger partial charge in [-0.15, -0.1) is 0 Å². The zero-order chi connectivity index (χ0) is 19.8. The molecule has 7 heteroatoms. The number of aryl methyl sites for hydroxylation is 1. The summed E-state index contributed by atoms with van der Waals surface area (Å²) in [7, 11) is 1.61. The van der Waals surface area contributed by atoms with E-state index in [1.165, 1.54) is 25.5 Å². The highest BCUT2D eigenvalue weighted by Gasteiger charge is 2.12. The largest absolute Gasteiger partial charge is 0.493 e. The van der Waals surface area contributed by atoms with E-state index in [1.807, 2.05) is 18.2 Å². The summed E-state index contributed by atoms with van der Waals surface area (Å²) in [5.41, 5.74) is 3.75. The number of nitrogens with zero attached hydrogens (tertiary/aromatic N) is 2. The number of hydrogen-bond acceptors (Lipinski definition) is 6. The van der Waals surface area contributed by atoms with Crippen LogP contribution in [-0.2, 0) is 0 Å². The monoisotopic (exact) mass is 385 g/mol. The Morgan fingerprint density at radius 3 is 2.79 bits per heavy atom. The van der Waals surface area contributed by atoms with Gasteiger partial charge in [-0.25, -0.2) is 5.43 Å². The highest BCUT2D eigenvalue weighted by atomic mass is 16.5. The lowest BCUT2D eigenvalue weighted by molar-refractivity contribution is 0.0953. The van der Waals surface area contributed by atoms with Crippen molar-refractivity contribution in [1.29, 1.82) is 0 Å². The number of ether oxygens (including phenoxy) is 2. The minimum absolute atomic E-state index is 0.313. The number of furan rings is 1. The average molecular weight is 385 g/mol. The Morgan fingerprint density at radius 2 is 2.07 bits per heavy atom. The van der Waals surface area contributed by atoms with Crippen molar-refractivity contribution in [1.82, 2.24) is 10.3 Å². The molecular weight excluding hydrogens is 358 g/mol. The molecule has 1 aromatic carbocycles. The van der Waals surface area contributed by atoms with Crippen LogP contribution in [0.4, 0.5) is 0 Å². The van der Waals surface area contributed by atoms with Crippen molar-refractivity contribution in [3.05, 3.63) is 47.4 Å². The number of likely N-dealkylation sites (tertiary alicyclic amines) is 1. The fourth-order valence-electron chi connectivity index (χ4n) is 3.20. The SMILES string of the molecule is COc1cc(/C=N/NC(=O)c2ccoc2C)ccc1OCCN1CCCCC1. The molecule has 0 atom stereocenters. The molecule has 1 amide bonds. The number of carbonyl (C=O) groups is 1. The van der Waals surface area contributed by atoms with Crippen LogP contribution in [0.2, 0.25) is 0 Å². The van der Waals surface area contributed by atoms with Gasteiger partial charge in [0.05, 0.1) is 25.2 Å². The van der Waals surface area contributed by atoms with Crippen molar-refractivity contribution in [2.24, 2.45) is 5.10 Å². The Kier molecular flexibility index (Phi) is 7.08. The Hall–Kier alpha value is -2.80. The van der Waals surface area contributed by atoms with Gasteiger partial charge in [0.25, 0.3) is 5.91 Å². The quantitative estimate of drug-likeness (QED) is 0.558. The molecule has 1 aliphatic heterocycles. The summed E-state index contributed by atoms with van der Waals surface area (Å²) in [6.07, 6.45) is 6.91. The first kappa shape index (κ1) is 19.9. The van der Waals surface area contributed by atoms with Crippen molar-refractivity contribution in [2.75, 3.05) is 33.4 Å². The molecule has 0 saturated carbocycles. The molecule has 0 unspecified atom stereocenters. The van der Waals surface area contributed by atoms with Gasteiger partial charge in [-0.05, 0) is 62.7 Å². The Morgan fingerprint density at radius 1 is 1.25 bits per heavy atom. The van der Waals surface area contributed by atoms with E-state index in [1.54, 1.807) is 26.3 Å². The first-order valence-electron chi connectivity index (χ1n) is 9.58. The summed E-state index contributed by atoms with van der Waals surface area (Å²) in [6.45, 7) is 5.59. The van der Waals surface area contributed by atoms with Gasteiger partial charge in [-0.1, -0.05) is 6.42 Å². The number of hydrazone groups is 1. The fourth-order valence-corrected chi connectivity index (χ4v) is 3.20. The normalized spacial score (nSPS) is 14.9. The van der Waals surface area contributed by atoms with E-state index in [0.29, 0.717) is 29.4 Å². The third kappa shape index (κ3) is 5.36. The van der Waals surface area contributed by atoms with Crippen molar-refractivity contribution in [3.8, 4) is 11.5 Å². The van der Waals surface area contributed by atoms with Gasteiger partial charge in [0.1, 0.15) is 12.4 Å². The smallest absolute Gasteiger partial charge is 0.274 e. The van der Waals surface area contributed by atoms with Crippen LogP contribution in [0.1, 0.15) is 40.9 Å². The molecule has 1 aliphatic rings. The third-order valence-electron chi connectivity index (χ3n) is 4.78. The van der Waals surface area contributed by atoms with Crippen LogP contribution >= 0.6 is 0 Å². The molecule has 0 radical (unpaired) electrons. The number of rotatable bonds is 8. The Balaban J connectivity index is 1.53. The van der Waals surface area contributed by atoms with E-state index < -0.39 is 0 Å². The lowest BCUT2D eigenvalue weighted by Gasteiger charge is -2.26. The average Bonchev–Trinajstić information content (AvgIpc) is 3.15. The lowest BCUT2D eigenvalue weighted by atomic mass is 10.1. The van der Waals surface area contributed by atoms with Crippen molar-refractivity contribution >= 4 is 12.1 Å². The molecule has 150 valence electrons. The summed E-state index contributed by atoms with van der Waals surface area (Å²) >= 11 is 0. The fraction of sp³-hybridized carbons (Fsp3) is 0.429. The van der Waals surface area contributed by atoms with E-state index in [2.05, 4.69) is 15.4 Å². The van der Waals surface area contributed by atoms with Crippen LogP contribution in [0.3, 0.4) is 0 Å². The van der Waals surface area contributed by atoms with E-state index in [9.17, 15) is 4.79 Å². The molecule has 1 N–H and O–H groups in total. The van der Waals surface area contributed by atoms with E-state index in [4.69, 9.17) is 13.9 Å². The number of amides is 1. The first-order valence-corrected chi connectivity index (χ1v) is 9.58.